The van der Waals surface area contributed by atoms with E-state index in [1.807, 2.05) is 6.92 Å². The van der Waals surface area contributed by atoms with Crippen LogP contribution in [-0.2, 0) is 10.0 Å². The SMILES string of the molecule is Cc1cc(N)c(S(=O)(=O)NC(C)(CO)CO)cc1C. The molecule has 0 atom stereocenters. The highest BCUT2D eigenvalue weighted by Crippen LogP contribution is 2.23. The van der Waals surface area contributed by atoms with E-state index in [1.165, 1.54) is 13.0 Å². The van der Waals surface area contributed by atoms with Crippen molar-refractivity contribution < 1.29 is 18.6 Å². The zero-order valence-corrected chi connectivity index (χ0v) is 12.1. The molecule has 0 heterocycles. The average molecular weight is 288 g/mol. The van der Waals surface area contributed by atoms with Crippen LogP contribution in [0.4, 0.5) is 5.69 Å². The number of aliphatic hydroxyl groups is 2. The van der Waals surface area contributed by atoms with Crippen LogP contribution in [0.15, 0.2) is 17.0 Å². The van der Waals surface area contributed by atoms with Crippen LogP contribution in [0, 0.1) is 13.8 Å². The first kappa shape index (κ1) is 15.9. The second kappa shape index (κ2) is 5.46. The van der Waals surface area contributed by atoms with Gasteiger partial charge in [0.2, 0.25) is 10.0 Å². The quantitative estimate of drug-likeness (QED) is 0.566. The van der Waals surface area contributed by atoms with Crippen molar-refractivity contribution in [2.24, 2.45) is 0 Å². The predicted molar refractivity (Wildman–Crippen MR) is 73.2 cm³/mol. The van der Waals surface area contributed by atoms with E-state index in [1.54, 1.807) is 13.0 Å². The minimum absolute atomic E-state index is 0.0521. The fraction of sp³-hybridized carbons (Fsp3) is 0.500. The molecule has 0 saturated heterocycles. The Morgan fingerprint density at radius 1 is 1.21 bits per heavy atom. The molecule has 6 nitrogen and oxygen atoms in total. The second-order valence-electron chi connectivity index (χ2n) is 4.96. The van der Waals surface area contributed by atoms with E-state index in [2.05, 4.69) is 4.72 Å². The average Bonchev–Trinajstić information content (AvgIpc) is 2.33. The number of hydrogen-bond acceptors (Lipinski definition) is 5. The zero-order valence-electron chi connectivity index (χ0n) is 11.3. The fourth-order valence-corrected chi connectivity index (χ4v) is 3.13. The number of nitrogens with two attached hydrogens (primary N) is 1. The molecule has 0 saturated carbocycles. The number of aliphatic hydroxyl groups excluding tert-OH is 2. The zero-order chi connectivity index (χ0) is 14.8. The van der Waals surface area contributed by atoms with Gasteiger partial charge >= 0.3 is 0 Å². The summed E-state index contributed by atoms with van der Waals surface area (Å²) in [6.07, 6.45) is 0. The molecular formula is C12H20N2O4S. The highest BCUT2D eigenvalue weighted by molar-refractivity contribution is 7.89. The molecule has 0 unspecified atom stereocenters. The first-order valence-electron chi connectivity index (χ1n) is 5.77. The number of sulfonamides is 1. The van der Waals surface area contributed by atoms with Crippen molar-refractivity contribution in [3.63, 3.8) is 0 Å². The molecule has 1 aromatic rings. The lowest BCUT2D eigenvalue weighted by molar-refractivity contribution is 0.122. The highest BCUT2D eigenvalue weighted by atomic mass is 32.2. The van der Waals surface area contributed by atoms with Gasteiger partial charge in [-0.25, -0.2) is 13.1 Å². The van der Waals surface area contributed by atoms with E-state index in [0.717, 1.165) is 11.1 Å². The monoisotopic (exact) mass is 288 g/mol. The lowest BCUT2D eigenvalue weighted by atomic mass is 10.1. The summed E-state index contributed by atoms with van der Waals surface area (Å²) in [5.41, 5.74) is 6.23. The van der Waals surface area contributed by atoms with Crippen LogP contribution >= 0.6 is 0 Å². The standard InChI is InChI=1S/C12H20N2O4S/c1-8-4-10(13)11(5-9(8)2)19(17,18)14-12(3,6-15)7-16/h4-5,14-16H,6-7,13H2,1-3H3. The molecule has 0 spiro atoms. The van der Waals surface area contributed by atoms with Gasteiger partial charge in [0, 0.05) is 0 Å². The fourth-order valence-electron chi connectivity index (χ4n) is 1.54. The molecular weight excluding hydrogens is 268 g/mol. The van der Waals surface area contributed by atoms with Gasteiger partial charge in [0.25, 0.3) is 0 Å². The molecule has 5 N–H and O–H groups in total. The van der Waals surface area contributed by atoms with E-state index < -0.39 is 28.8 Å². The van der Waals surface area contributed by atoms with Gasteiger partial charge in [-0.05, 0) is 44.0 Å². The Balaban J connectivity index is 3.25. The number of hydrogen-bond donors (Lipinski definition) is 4. The van der Waals surface area contributed by atoms with Crippen molar-refractivity contribution in [1.29, 1.82) is 0 Å². The number of aryl methyl sites for hydroxylation is 2. The predicted octanol–water partition coefficient (Wildman–Crippen LogP) is -0.0928. The van der Waals surface area contributed by atoms with Crippen molar-refractivity contribution in [3.05, 3.63) is 23.3 Å². The Kier molecular flexibility index (Phi) is 4.57. The minimum Gasteiger partial charge on any atom is -0.398 e. The minimum atomic E-state index is -3.91. The summed E-state index contributed by atoms with van der Waals surface area (Å²) in [6.45, 7) is 3.98. The third kappa shape index (κ3) is 3.44. The van der Waals surface area contributed by atoms with Gasteiger partial charge in [-0.3, -0.25) is 0 Å². The normalized spacial score (nSPS) is 12.7. The number of nitrogen functional groups attached to an aromatic ring is 1. The summed E-state index contributed by atoms with van der Waals surface area (Å²) in [5.74, 6) is 0. The Morgan fingerprint density at radius 2 is 1.68 bits per heavy atom. The molecule has 108 valence electrons. The Morgan fingerprint density at radius 3 is 2.16 bits per heavy atom. The molecule has 0 aromatic heterocycles. The topological polar surface area (TPSA) is 113 Å². The summed E-state index contributed by atoms with van der Waals surface area (Å²) in [5, 5.41) is 18.3. The van der Waals surface area contributed by atoms with Crippen LogP contribution in [0.1, 0.15) is 18.1 Å². The summed E-state index contributed by atoms with van der Waals surface area (Å²) in [6, 6.07) is 3.06. The molecule has 0 aliphatic heterocycles. The van der Waals surface area contributed by atoms with Crippen molar-refractivity contribution in [2.75, 3.05) is 18.9 Å². The van der Waals surface area contributed by atoms with Gasteiger partial charge < -0.3 is 15.9 Å². The van der Waals surface area contributed by atoms with Crippen LogP contribution in [0.25, 0.3) is 0 Å². The van der Waals surface area contributed by atoms with Crippen molar-refractivity contribution in [2.45, 2.75) is 31.2 Å². The molecule has 0 bridgehead atoms. The van der Waals surface area contributed by atoms with Crippen LogP contribution in [0.2, 0.25) is 0 Å². The molecule has 0 aliphatic rings. The van der Waals surface area contributed by atoms with Crippen molar-refractivity contribution >= 4 is 15.7 Å². The maximum absolute atomic E-state index is 12.2. The first-order chi connectivity index (χ1) is 8.65. The lowest BCUT2D eigenvalue weighted by Crippen LogP contribution is -2.51. The van der Waals surface area contributed by atoms with Crippen molar-refractivity contribution in [3.8, 4) is 0 Å². The summed E-state index contributed by atoms with van der Waals surface area (Å²) >= 11 is 0. The van der Waals surface area contributed by atoms with Gasteiger partial charge in [0.1, 0.15) is 4.90 Å². The first-order valence-corrected chi connectivity index (χ1v) is 7.26. The Bertz CT molecular complexity index is 565. The number of benzene rings is 1. The third-order valence-corrected chi connectivity index (χ3v) is 4.69. The van der Waals surface area contributed by atoms with Crippen LogP contribution in [0.5, 0.6) is 0 Å². The van der Waals surface area contributed by atoms with Gasteiger partial charge in [-0.2, -0.15) is 0 Å². The summed E-state index contributed by atoms with van der Waals surface area (Å²) in [7, 11) is -3.91. The molecule has 0 aliphatic carbocycles. The molecule has 0 fully saturated rings. The molecule has 1 rings (SSSR count). The maximum atomic E-state index is 12.2. The van der Waals surface area contributed by atoms with Crippen molar-refractivity contribution in [1.82, 2.24) is 4.72 Å². The van der Waals surface area contributed by atoms with Gasteiger partial charge in [0.15, 0.2) is 0 Å². The van der Waals surface area contributed by atoms with E-state index in [0.29, 0.717) is 0 Å². The highest BCUT2D eigenvalue weighted by Gasteiger charge is 2.30. The largest absolute Gasteiger partial charge is 0.398 e. The van der Waals surface area contributed by atoms with Crippen LogP contribution in [0.3, 0.4) is 0 Å². The summed E-state index contributed by atoms with van der Waals surface area (Å²) in [4.78, 5) is -0.0521. The Labute approximate surface area is 113 Å². The third-order valence-electron chi connectivity index (χ3n) is 2.99. The molecule has 0 radical (unpaired) electrons. The molecule has 0 amide bonds. The second-order valence-corrected chi connectivity index (χ2v) is 6.61. The van der Waals surface area contributed by atoms with E-state index in [9.17, 15) is 8.42 Å². The van der Waals surface area contributed by atoms with E-state index >= 15 is 0 Å². The Hall–Kier alpha value is -1.15. The molecule has 7 heteroatoms. The number of rotatable bonds is 5. The van der Waals surface area contributed by atoms with Gasteiger partial charge in [0.05, 0.1) is 24.4 Å². The van der Waals surface area contributed by atoms with Crippen LogP contribution < -0.4 is 10.5 Å². The van der Waals surface area contributed by atoms with Gasteiger partial charge in [-0.15, -0.1) is 0 Å². The smallest absolute Gasteiger partial charge is 0.243 e. The number of anilines is 1. The lowest BCUT2D eigenvalue weighted by Gasteiger charge is -2.26. The number of nitrogens with one attached hydrogen (secondary N) is 1. The van der Waals surface area contributed by atoms with E-state index in [4.69, 9.17) is 15.9 Å². The van der Waals surface area contributed by atoms with Gasteiger partial charge in [-0.1, -0.05) is 0 Å². The summed E-state index contributed by atoms with van der Waals surface area (Å²) < 4.78 is 26.7. The maximum Gasteiger partial charge on any atom is 0.243 e. The van der Waals surface area contributed by atoms with E-state index in [-0.39, 0.29) is 10.6 Å². The van der Waals surface area contributed by atoms with Crippen LogP contribution in [-0.4, -0.2) is 37.4 Å². The molecule has 19 heavy (non-hydrogen) atoms. The molecule has 1 aromatic carbocycles.